The Morgan fingerprint density at radius 2 is 0.755 bits per heavy atom. The van der Waals surface area contributed by atoms with Gasteiger partial charge in [-0.25, -0.2) is 0 Å². The Balaban J connectivity index is 1.80. The van der Waals surface area contributed by atoms with Gasteiger partial charge in [0.15, 0.2) is 18.9 Å². The largest absolute Gasteiger partial charge is 0.394 e. The van der Waals surface area contributed by atoms with Gasteiger partial charge in [-0.1, -0.05) is 13.8 Å². The van der Waals surface area contributed by atoms with E-state index in [2.05, 4.69) is 53.2 Å². The number of rotatable bonds is 53. The molecule has 2 aliphatic rings. The van der Waals surface area contributed by atoms with Crippen LogP contribution in [0.4, 0.5) is 0 Å². The maximum atomic E-state index is 12.8. The minimum atomic E-state index is -1.44. The van der Waals surface area contributed by atoms with Gasteiger partial charge in [0.2, 0.25) is 53.2 Å². The van der Waals surface area contributed by atoms with Gasteiger partial charge in [0.05, 0.1) is 64.9 Å². The molecule has 0 aromatic carbocycles. The van der Waals surface area contributed by atoms with Crippen LogP contribution in [0.25, 0.3) is 0 Å². The highest BCUT2D eigenvalue weighted by molar-refractivity contribution is 5.78. The normalized spacial score (nSPS) is 22.1. The van der Waals surface area contributed by atoms with Crippen LogP contribution in [0.5, 0.6) is 0 Å². The third-order valence-electron chi connectivity index (χ3n) is 14.4. The monoisotopic (exact) mass is 1350 g/mol. The summed E-state index contributed by atoms with van der Waals surface area (Å²) in [4.78, 5) is 110. The number of hydrogen-bond donors (Lipinski definition) is 17. The molecule has 2 fully saturated rings. The van der Waals surface area contributed by atoms with E-state index in [4.69, 9.17) is 37.9 Å². The van der Waals surface area contributed by atoms with Crippen LogP contribution in [0.15, 0.2) is 0 Å². The fraction of sp³-hybridized carbons (Fsp3) is 0.850. The minimum absolute atomic E-state index is 0.00693. The molecule has 2 rings (SSSR count). The average Bonchev–Trinajstić information content (AvgIpc) is 0.831. The van der Waals surface area contributed by atoms with E-state index in [0.717, 1.165) is 0 Å². The first kappa shape index (κ1) is 84.7. The number of amides is 9. The number of aliphatic hydroxyl groups excluding tert-OH is 7. The lowest BCUT2D eigenvalue weighted by atomic mass is 9.97. The van der Waals surface area contributed by atoms with Crippen molar-refractivity contribution >= 4 is 53.2 Å². The lowest BCUT2D eigenvalue weighted by molar-refractivity contribution is -0.270. The number of unbranched alkanes of at least 4 members (excludes halogenated alkanes) is 3. The molecule has 9 amide bonds. The summed E-state index contributed by atoms with van der Waals surface area (Å²) in [5.74, 6) is -2.67. The van der Waals surface area contributed by atoms with Crippen LogP contribution in [0.2, 0.25) is 0 Å². The van der Waals surface area contributed by atoms with Crippen molar-refractivity contribution in [3.05, 3.63) is 0 Å². The average molecular weight is 1360 g/mol. The molecule has 0 saturated carbocycles. The zero-order valence-corrected chi connectivity index (χ0v) is 55.3. The highest BCUT2D eigenvalue weighted by atomic mass is 16.7. The second kappa shape index (κ2) is 50.0. The summed E-state index contributed by atoms with van der Waals surface area (Å²) < 4.78 is 45.8. The van der Waals surface area contributed by atoms with Crippen LogP contribution in [-0.2, 0) is 81.0 Å². The molecule has 94 heavy (non-hydrogen) atoms. The molecule has 11 atom stereocenters. The molecular weight excluding hydrogens is 1240 g/mol. The predicted molar refractivity (Wildman–Crippen MR) is 334 cm³/mol. The molecule has 2 aliphatic heterocycles. The molecule has 0 aliphatic carbocycles. The predicted octanol–water partition coefficient (Wildman–Crippen LogP) is -5.29. The second-order valence-electron chi connectivity index (χ2n) is 23.4. The van der Waals surface area contributed by atoms with Crippen molar-refractivity contribution in [3.63, 3.8) is 0 Å². The molecule has 0 radical (unpaired) electrons. The van der Waals surface area contributed by atoms with E-state index in [9.17, 15) is 78.9 Å². The zero-order valence-electron chi connectivity index (χ0n) is 55.3. The van der Waals surface area contributed by atoms with Crippen molar-refractivity contribution < 1.29 is 117 Å². The van der Waals surface area contributed by atoms with Crippen LogP contribution < -0.4 is 53.2 Å². The van der Waals surface area contributed by atoms with E-state index in [1.165, 1.54) is 20.8 Å². The maximum absolute atomic E-state index is 12.8. The number of ether oxygens (including phenoxy) is 8. The van der Waals surface area contributed by atoms with E-state index in [-0.39, 0.29) is 165 Å². The van der Waals surface area contributed by atoms with Crippen LogP contribution in [0.3, 0.4) is 0 Å². The third-order valence-corrected chi connectivity index (χ3v) is 14.4. The molecule has 34 nitrogen and oxygen atoms in total. The van der Waals surface area contributed by atoms with Gasteiger partial charge >= 0.3 is 0 Å². The standard InChI is InChI=1S/C60H110N10O24/c1-39(2)70-60(36-87-30-18-48(79)64-24-12-21-61-45(76)15-6-9-27-90-51(82)33-67-40(3)73,37-88-31-19-49(80)65-25-13-22-62-46(77)16-7-10-28-91-58-52(68-41(4)74)56(85)54(83)43(34-71)93-58)38-89-32-20-50(81)66-26-14-23-63-47(78)17-8-11-29-92-59-53(69-42(5)75)57(86)55(84)44(35-72)94-59/h39,43-44,51-59,70-72,82-86H,6-38H2,1-5H3,(H,61,76)(H,62,77)(H,63,78)(H,64,79)(H,65,80)(H,66,81)(H,67,73)(H,68,74)(H,69,75)/t43?,44?,51-,52?,53?,54?,55?,56?,57?,58?,59?,60?/m0/s1. The smallest absolute Gasteiger partial charge is 0.222 e. The van der Waals surface area contributed by atoms with E-state index >= 15 is 0 Å². The highest BCUT2D eigenvalue weighted by Gasteiger charge is 2.46. The number of carbonyl (C=O) groups excluding carboxylic acids is 9. The molecule has 0 spiro atoms. The number of hydrogen-bond acceptors (Lipinski definition) is 25. The number of nitrogens with one attached hydrogen (secondary N) is 10. The first-order valence-electron chi connectivity index (χ1n) is 32.6. The summed E-state index contributed by atoms with van der Waals surface area (Å²) >= 11 is 0. The summed E-state index contributed by atoms with van der Waals surface area (Å²) in [6.07, 6.45) is -6.51. The van der Waals surface area contributed by atoms with Crippen molar-refractivity contribution in [2.24, 2.45) is 0 Å². The van der Waals surface area contributed by atoms with Gasteiger partial charge in [-0.2, -0.15) is 0 Å². The topological polar surface area (TPSA) is 489 Å². The van der Waals surface area contributed by atoms with Crippen LogP contribution in [0.1, 0.15) is 131 Å². The van der Waals surface area contributed by atoms with Crippen LogP contribution in [-0.4, -0.2) is 287 Å². The highest BCUT2D eigenvalue weighted by Crippen LogP contribution is 2.24. The first-order chi connectivity index (χ1) is 44.9. The molecule has 0 aromatic heterocycles. The van der Waals surface area contributed by atoms with Crippen molar-refractivity contribution in [3.8, 4) is 0 Å². The molecule has 10 unspecified atom stereocenters. The fourth-order valence-electron chi connectivity index (χ4n) is 9.62. The van der Waals surface area contributed by atoms with Crippen molar-refractivity contribution in [1.82, 2.24) is 53.2 Å². The van der Waals surface area contributed by atoms with Gasteiger partial charge in [0, 0.05) is 124 Å². The summed E-state index contributed by atoms with van der Waals surface area (Å²) in [5.41, 5.74) is -0.994. The molecule has 544 valence electrons. The Kier molecular flexibility index (Phi) is 45.1. The second-order valence-corrected chi connectivity index (χ2v) is 23.4. The summed E-state index contributed by atoms with van der Waals surface area (Å²) in [6.45, 7) is 8.82. The van der Waals surface area contributed by atoms with Crippen LogP contribution >= 0.6 is 0 Å². The Morgan fingerprint density at radius 3 is 1.06 bits per heavy atom. The SMILES string of the molecule is CC(=O)NC[C@@H](O)OCCCCC(=O)NCCCNC(=O)CCOCC(COCCC(=O)NCCCNC(=O)CCCCOC1OC(CO)C(O)C(O)C1NC(C)=O)(COCCC(=O)NCCCNC(=O)CCCCOC1OC(CO)C(O)C(O)C1NC(C)=O)NC(C)C. The van der Waals surface area contributed by atoms with E-state index in [0.29, 0.717) is 84.0 Å². The molecule has 0 bridgehead atoms. The summed E-state index contributed by atoms with van der Waals surface area (Å²) in [7, 11) is 0. The van der Waals surface area contributed by atoms with Crippen molar-refractivity contribution in [2.75, 3.05) is 118 Å². The fourth-order valence-corrected chi connectivity index (χ4v) is 9.62. The maximum Gasteiger partial charge on any atom is 0.222 e. The van der Waals surface area contributed by atoms with Gasteiger partial charge in [0.1, 0.15) is 48.7 Å². The van der Waals surface area contributed by atoms with Gasteiger partial charge in [-0.05, 0) is 57.8 Å². The molecular formula is C60H110N10O24. The summed E-state index contributed by atoms with van der Waals surface area (Å²) in [5, 5.41) is 97.7. The Hall–Kier alpha value is -5.41. The summed E-state index contributed by atoms with van der Waals surface area (Å²) in [6, 6.07) is -2.25. The van der Waals surface area contributed by atoms with Gasteiger partial charge in [-0.15, -0.1) is 0 Å². The van der Waals surface area contributed by atoms with Crippen molar-refractivity contribution in [2.45, 2.75) is 210 Å². The lowest BCUT2D eigenvalue weighted by Gasteiger charge is -2.42. The molecule has 17 N–H and O–H groups in total. The van der Waals surface area contributed by atoms with E-state index < -0.39 is 98.1 Å². The Labute approximate surface area is 550 Å². The number of carbonyl (C=O) groups is 9. The first-order valence-corrected chi connectivity index (χ1v) is 32.6. The molecule has 34 heteroatoms. The van der Waals surface area contributed by atoms with E-state index in [1.54, 1.807) is 0 Å². The minimum Gasteiger partial charge on any atom is -0.394 e. The molecule has 0 aromatic rings. The van der Waals surface area contributed by atoms with Gasteiger partial charge < -0.3 is 127 Å². The van der Waals surface area contributed by atoms with Gasteiger partial charge in [0.25, 0.3) is 0 Å². The van der Waals surface area contributed by atoms with E-state index in [1.807, 2.05) is 13.8 Å². The number of aliphatic hydroxyl groups is 7. The Bertz CT molecular complexity index is 2090. The molecule has 2 heterocycles. The lowest BCUT2D eigenvalue weighted by Crippen LogP contribution is -2.64. The Morgan fingerprint density at radius 1 is 0.426 bits per heavy atom. The third kappa shape index (κ3) is 38.4. The van der Waals surface area contributed by atoms with Crippen LogP contribution in [0, 0.1) is 0 Å². The molecule has 2 saturated heterocycles. The zero-order chi connectivity index (χ0) is 69.7. The van der Waals surface area contributed by atoms with Gasteiger partial charge in [-0.3, -0.25) is 43.2 Å². The quantitative estimate of drug-likeness (QED) is 0.0200. The van der Waals surface area contributed by atoms with Crippen molar-refractivity contribution in [1.29, 1.82) is 0 Å².